The van der Waals surface area contributed by atoms with Gasteiger partial charge in [0.2, 0.25) is 0 Å². The Kier molecular flexibility index (Phi) is 8.04. The fourth-order valence-corrected chi connectivity index (χ4v) is 3.32. The molecule has 23 heavy (non-hydrogen) atoms. The van der Waals surface area contributed by atoms with E-state index >= 15 is 0 Å². The molecule has 0 saturated heterocycles. The molecule has 2 aromatic heterocycles. The molecule has 0 fully saturated rings. The number of rotatable bonds is 5. The van der Waals surface area contributed by atoms with Crippen molar-refractivity contribution in [1.29, 1.82) is 0 Å². The zero-order valence-electron chi connectivity index (χ0n) is 14.3. The van der Waals surface area contributed by atoms with E-state index in [0.717, 1.165) is 30.5 Å². The van der Waals surface area contributed by atoms with Crippen molar-refractivity contribution in [2.75, 3.05) is 20.6 Å². The van der Waals surface area contributed by atoms with Gasteiger partial charge in [-0.2, -0.15) is 11.3 Å². The predicted octanol–water partition coefficient (Wildman–Crippen LogP) is 3.78. The number of hydrogen-bond donors (Lipinski definition) is 1. The van der Waals surface area contributed by atoms with Crippen LogP contribution in [0.25, 0.3) is 0 Å². The average molecular weight is 448 g/mol. The molecule has 1 atom stereocenters. The molecule has 0 aliphatic carbocycles. The second-order valence-electron chi connectivity index (χ2n) is 5.55. The summed E-state index contributed by atoms with van der Waals surface area (Å²) in [5.41, 5.74) is 3.45. The number of aromatic nitrogens is 1. The minimum atomic E-state index is 0. The Labute approximate surface area is 159 Å². The van der Waals surface area contributed by atoms with E-state index in [0.29, 0.717) is 5.92 Å². The van der Waals surface area contributed by atoms with Crippen LogP contribution in [-0.4, -0.2) is 36.7 Å². The van der Waals surface area contributed by atoms with Crippen molar-refractivity contribution in [2.45, 2.75) is 33.2 Å². The molecule has 0 aliphatic heterocycles. The van der Waals surface area contributed by atoms with Gasteiger partial charge in [0.1, 0.15) is 5.76 Å². The van der Waals surface area contributed by atoms with Gasteiger partial charge in [0.05, 0.1) is 5.69 Å². The van der Waals surface area contributed by atoms with Crippen molar-refractivity contribution in [3.05, 3.63) is 39.4 Å². The summed E-state index contributed by atoms with van der Waals surface area (Å²) in [5, 5.41) is 11.7. The van der Waals surface area contributed by atoms with Crippen molar-refractivity contribution in [3.8, 4) is 0 Å². The highest BCUT2D eigenvalue weighted by Crippen LogP contribution is 2.22. The largest absolute Gasteiger partial charge is 0.361 e. The highest BCUT2D eigenvalue weighted by molar-refractivity contribution is 14.0. The highest BCUT2D eigenvalue weighted by atomic mass is 127. The number of hydrogen-bond acceptors (Lipinski definition) is 4. The van der Waals surface area contributed by atoms with E-state index in [1.807, 2.05) is 27.9 Å². The van der Waals surface area contributed by atoms with Crippen LogP contribution < -0.4 is 5.32 Å². The van der Waals surface area contributed by atoms with Crippen LogP contribution in [-0.2, 0) is 6.54 Å². The number of halogens is 1. The van der Waals surface area contributed by atoms with Gasteiger partial charge < -0.3 is 14.7 Å². The van der Waals surface area contributed by atoms with Gasteiger partial charge in [-0.15, -0.1) is 24.0 Å². The molecular formula is C16H25IN4OS. The molecule has 1 N–H and O–H groups in total. The molecule has 0 spiro atoms. The third-order valence-electron chi connectivity index (χ3n) is 3.72. The quantitative estimate of drug-likeness (QED) is 0.430. The molecule has 2 aromatic rings. The Bertz CT molecular complexity index is 605. The number of aryl methyl sites for hydroxylation is 2. The Morgan fingerprint density at radius 1 is 1.48 bits per heavy atom. The van der Waals surface area contributed by atoms with Crippen LogP contribution in [0.2, 0.25) is 0 Å². The monoisotopic (exact) mass is 448 g/mol. The van der Waals surface area contributed by atoms with Crippen molar-refractivity contribution in [3.63, 3.8) is 0 Å². The Balaban J connectivity index is 0.00000264. The third kappa shape index (κ3) is 5.20. The highest BCUT2D eigenvalue weighted by Gasteiger charge is 2.17. The maximum atomic E-state index is 5.25. The first-order chi connectivity index (χ1) is 10.5. The molecule has 0 amide bonds. The smallest absolute Gasteiger partial charge is 0.193 e. The lowest BCUT2D eigenvalue weighted by Crippen LogP contribution is -2.40. The van der Waals surface area contributed by atoms with Gasteiger partial charge in [0.25, 0.3) is 0 Å². The van der Waals surface area contributed by atoms with E-state index < -0.39 is 0 Å². The number of nitrogens with zero attached hydrogens (tertiary/aromatic N) is 3. The Morgan fingerprint density at radius 3 is 2.74 bits per heavy atom. The minimum absolute atomic E-state index is 0. The van der Waals surface area contributed by atoms with Gasteiger partial charge >= 0.3 is 0 Å². The molecule has 128 valence electrons. The molecule has 0 radical (unpaired) electrons. The van der Waals surface area contributed by atoms with Gasteiger partial charge in [0, 0.05) is 38.7 Å². The first-order valence-corrected chi connectivity index (χ1v) is 8.32. The third-order valence-corrected chi connectivity index (χ3v) is 4.45. The van der Waals surface area contributed by atoms with E-state index in [1.165, 1.54) is 11.1 Å². The molecule has 2 heterocycles. The second kappa shape index (κ2) is 9.27. The molecule has 5 nitrogen and oxygen atoms in total. The normalized spacial score (nSPS) is 12.7. The zero-order chi connectivity index (χ0) is 16.1. The van der Waals surface area contributed by atoms with Gasteiger partial charge in [-0.05, 0) is 36.2 Å². The fourth-order valence-electron chi connectivity index (χ4n) is 2.66. The maximum absolute atomic E-state index is 5.25. The number of guanidine groups is 1. The minimum Gasteiger partial charge on any atom is -0.361 e. The second-order valence-corrected chi connectivity index (χ2v) is 6.33. The van der Waals surface area contributed by atoms with Crippen LogP contribution in [0, 0.1) is 13.8 Å². The van der Waals surface area contributed by atoms with E-state index in [2.05, 4.69) is 44.1 Å². The summed E-state index contributed by atoms with van der Waals surface area (Å²) in [6.07, 6.45) is 0. The average Bonchev–Trinajstić information content (AvgIpc) is 3.09. The fraction of sp³-hybridized carbons (Fsp3) is 0.500. The Hall–Kier alpha value is -1.09. The topological polar surface area (TPSA) is 53.7 Å². The van der Waals surface area contributed by atoms with E-state index in [9.17, 15) is 0 Å². The molecular weight excluding hydrogens is 423 g/mol. The van der Waals surface area contributed by atoms with Crippen LogP contribution in [0.15, 0.2) is 26.3 Å². The lowest BCUT2D eigenvalue weighted by Gasteiger charge is -2.23. The lowest BCUT2D eigenvalue weighted by molar-refractivity contribution is 0.391. The van der Waals surface area contributed by atoms with E-state index in [-0.39, 0.29) is 24.0 Å². The molecule has 0 saturated carbocycles. The van der Waals surface area contributed by atoms with E-state index in [4.69, 9.17) is 4.52 Å². The summed E-state index contributed by atoms with van der Waals surface area (Å²) in [4.78, 5) is 6.49. The lowest BCUT2D eigenvalue weighted by atomic mass is 10.00. The molecule has 0 aromatic carbocycles. The van der Waals surface area contributed by atoms with Gasteiger partial charge in [-0.25, -0.2) is 0 Å². The molecule has 0 bridgehead atoms. The standard InChI is InChI=1S/C16H24N4OS.HI/c1-11(15-12(2)19-21-13(15)3)8-18-16(17-4)20(5)9-14-6-7-22-10-14;/h6-7,10-11H,8-9H2,1-5H3,(H,17,18);1H. The van der Waals surface area contributed by atoms with Gasteiger partial charge in [0.15, 0.2) is 5.96 Å². The first kappa shape index (κ1) is 20.0. The number of nitrogens with one attached hydrogen (secondary N) is 1. The summed E-state index contributed by atoms with van der Waals surface area (Å²) in [6, 6.07) is 2.14. The summed E-state index contributed by atoms with van der Waals surface area (Å²) < 4.78 is 5.25. The number of thiophene rings is 1. The van der Waals surface area contributed by atoms with Crippen LogP contribution in [0.4, 0.5) is 0 Å². The predicted molar refractivity (Wildman–Crippen MR) is 107 cm³/mol. The molecule has 0 aliphatic rings. The molecule has 1 unspecified atom stereocenters. The summed E-state index contributed by atoms with van der Waals surface area (Å²) in [7, 11) is 3.86. The summed E-state index contributed by atoms with van der Waals surface area (Å²) in [6.45, 7) is 7.77. The molecule has 7 heteroatoms. The summed E-state index contributed by atoms with van der Waals surface area (Å²) >= 11 is 1.72. The van der Waals surface area contributed by atoms with Crippen molar-refractivity contribution in [2.24, 2.45) is 4.99 Å². The maximum Gasteiger partial charge on any atom is 0.193 e. The van der Waals surface area contributed by atoms with Crippen molar-refractivity contribution < 1.29 is 4.52 Å². The van der Waals surface area contributed by atoms with E-state index in [1.54, 1.807) is 11.3 Å². The van der Waals surface area contributed by atoms with Crippen LogP contribution in [0.5, 0.6) is 0 Å². The van der Waals surface area contributed by atoms with Crippen LogP contribution >= 0.6 is 35.3 Å². The van der Waals surface area contributed by atoms with Crippen LogP contribution in [0.3, 0.4) is 0 Å². The van der Waals surface area contributed by atoms with Gasteiger partial charge in [-0.1, -0.05) is 12.1 Å². The number of aliphatic imine (C=N–C) groups is 1. The first-order valence-electron chi connectivity index (χ1n) is 7.38. The molecule has 2 rings (SSSR count). The Morgan fingerprint density at radius 2 is 2.22 bits per heavy atom. The van der Waals surface area contributed by atoms with Gasteiger partial charge in [-0.3, -0.25) is 4.99 Å². The zero-order valence-corrected chi connectivity index (χ0v) is 17.4. The SMILES string of the molecule is CN=C(NCC(C)c1c(C)noc1C)N(C)Cc1ccsc1.I. The van der Waals surface area contributed by atoms with Crippen molar-refractivity contribution >= 4 is 41.3 Å². The summed E-state index contributed by atoms with van der Waals surface area (Å²) in [5.74, 6) is 2.11. The van der Waals surface area contributed by atoms with Crippen molar-refractivity contribution in [1.82, 2.24) is 15.4 Å². The van der Waals surface area contributed by atoms with Crippen LogP contribution in [0.1, 0.15) is 35.4 Å².